The second-order valence-electron chi connectivity index (χ2n) is 4.41. The van der Waals surface area contributed by atoms with Crippen LogP contribution in [0.1, 0.15) is 13.3 Å². The molecule has 0 unspecified atom stereocenters. The lowest BCUT2D eigenvalue weighted by molar-refractivity contribution is -0.136. The highest BCUT2D eigenvalue weighted by Gasteiger charge is 2.27. The van der Waals surface area contributed by atoms with E-state index in [9.17, 15) is 4.79 Å². The fourth-order valence-corrected chi connectivity index (χ4v) is 2.00. The van der Waals surface area contributed by atoms with Crippen LogP contribution in [0, 0.1) is 0 Å². The molecule has 1 aliphatic heterocycles. The third kappa shape index (κ3) is 2.97. The average Bonchev–Trinajstić information content (AvgIpc) is 2.76. The van der Waals surface area contributed by atoms with Crippen LogP contribution < -0.4 is 10.5 Å². The van der Waals surface area contributed by atoms with Crippen molar-refractivity contribution in [2.45, 2.75) is 25.5 Å². The normalized spacial score (nSPS) is 21.3. The summed E-state index contributed by atoms with van der Waals surface area (Å²) in [7, 11) is 0. The van der Waals surface area contributed by atoms with Crippen LogP contribution in [0.2, 0.25) is 0 Å². The smallest absolute Gasteiger partial charge is 0.263 e. The van der Waals surface area contributed by atoms with Crippen molar-refractivity contribution in [3.63, 3.8) is 0 Å². The molecule has 1 aromatic carbocycles. The van der Waals surface area contributed by atoms with Crippen LogP contribution in [-0.4, -0.2) is 36.0 Å². The van der Waals surface area contributed by atoms with Crippen molar-refractivity contribution in [3.8, 4) is 5.75 Å². The topological polar surface area (TPSA) is 55.6 Å². The number of carbonyl (C=O) groups excluding carboxylic acids is 1. The Morgan fingerprint density at radius 2 is 2.18 bits per heavy atom. The molecule has 1 fully saturated rings. The second-order valence-corrected chi connectivity index (χ2v) is 4.41. The molecule has 4 heteroatoms. The van der Waals surface area contributed by atoms with Crippen molar-refractivity contribution in [1.82, 2.24) is 4.90 Å². The first-order chi connectivity index (χ1) is 8.16. The van der Waals surface area contributed by atoms with Crippen molar-refractivity contribution < 1.29 is 9.53 Å². The van der Waals surface area contributed by atoms with Crippen molar-refractivity contribution in [3.05, 3.63) is 30.3 Å². The van der Waals surface area contributed by atoms with Gasteiger partial charge in [-0.1, -0.05) is 18.2 Å². The van der Waals surface area contributed by atoms with E-state index in [1.807, 2.05) is 30.3 Å². The molecule has 17 heavy (non-hydrogen) atoms. The highest BCUT2D eigenvalue weighted by atomic mass is 16.5. The van der Waals surface area contributed by atoms with E-state index in [2.05, 4.69) is 0 Å². The Kier molecular flexibility index (Phi) is 3.64. The molecule has 4 nitrogen and oxygen atoms in total. The van der Waals surface area contributed by atoms with E-state index in [4.69, 9.17) is 10.5 Å². The molecule has 0 radical (unpaired) electrons. The summed E-state index contributed by atoms with van der Waals surface area (Å²) in [6, 6.07) is 9.50. The third-order valence-electron chi connectivity index (χ3n) is 2.94. The quantitative estimate of drug-likeness (QED) is 0.849. The Morgan fingerprint density at radius 3 is 2.76 bits per heavy atom. The number of nitrogens with zero attached hydrogens (tertiary/aromatic N) is 1. The second kappa shape index (κ2) is 5.19. The minimum Gasteiger partial charge on any atom is -0.481 e. The number of amides is 1. The van der Waals surface area contributed by atoms with Crippen LogP contribution in [0.4, 0.5) is 0 Å². The molecule has 92 valence electrons. The standard InChI is InChI=1S/C13H18N2O2/c1-10(17-12-5-3-2-4-6-12)13(16)15-8-7-11(14)9-15/h2-6,10-11H,7-9,14H2,1H3/t10-,11+/m0/s1. The van der Waals surface area contributed by atoms with Gasteiger partial charge in [-0.15, -0.1) is 0 Å². The monoisotopic (exact) mass is 234 g/mol. The molecule has 1 aliphatic rings. The van der Waals surface area contributed by atoms with Crippen LogP contribution in [0.3, 0.4) is 0 Å². The predicted molar refractivity (Wildman–Crippen MR) is 65.7 cm³/mol. The van der Waals surface area contributed by atoms with Crippen LogP contribution in [-0.2, 0) is 4.79 Å². The van der Waals surface area contributed by atoms with Gasteiger partial charge in [-0.2, -0.15) is 0 Å². The third-order valence-corrected chi connectivity index (χ3v) is 2.94. The number of para-hydroxylation sites is 1. The lowest BCUT2D eigenvalue weighted by atomic mass is 10.3. The summed E-state index contributed by atoms with van der Waals surface area (Å²) in [5, 5.41) is 0. The zero-order valence-corrected chi connectivity index (χ0v) is 10.0. The molecule has 0 aromatic heterocycles. The van der Waals surface area contributed by atoms with Crippen molar-refractivity contribution >= 4 is 5.91 Å². The van der Waals surface area contributed by atoms with Gasteiger partial charge in [0.1, 0.15) is 5.75 Å². The van der Waals surface area contributed by atoms with Gasteiger partial charge in [0.15, 0.2) is 6.10 Å². The van der Waals surface area contributed by atoms with Crippen LogP contribution >= 0.6 is 0 Å². The number of benzene rings is 1. The molecule has 0 aliphatic carbocycles. The zero-order chi connectivity index (χ0) is 12.3. The minimum absolute atomic E-state index is 0.0156. The van der Waals surface area contributed by atoms with E-state index in [1.54, 1.807) is 11.8 Å². The molecule has 2 atom stereocenters. The Morgan fingerprint density at radius 1 is 1.47 bits per heavy atom. The highest BCUT2D eigenvalue weighted by Crippen LogP contribution is 2.14. The molecule has 0 bridgehead atoms. The van der Waals surface area contributed by atoms with Crippen molar-refractivity contribution in [2.24, 2.45) is 5.73 Å². The SMILES string of the molecule is C[C@H](Oc1ccccc1)C(=O)N1CC[C@@H](N)C1. The summed E-state index contributed by atoms with van der Waals surface area (Å²) in [5.74, 6) is 0.735. The fraction of sp³-hybridized carbons (Fsp3) is 0.462. The van der Waals surface area contributed by atoms with Gasteiger partial charge in [0, 0.05) is 19.1 Å². The highest BCUT2D eigenvalue weighted by molar-refractivity contribution is 5.81. The van der Waals surface area contributed by atoms with E-state index < -0.39 is 6.10 Å². The van der Waals surface area contributed by atoms with Crippen molar-refractivity contribution in [1.29, 1.82) is 0 Å². The first kappa shape index (κ1) is 11.9. The fourth-order valence-electron chi connectivity index (χ4n) is 2.00. The largest absolute Gasteiger partial charge is 0.481 e. The van der Waals surface area contributed by atoms with Gasteiger partial charge in [-0.05, 0) is 25.5 Å². The van der Waals surface area contributed by atoms with Crippen LogP contribution in [0.25, 0.3) is 0 Å². The summed E-state index contributed by atoms with van der Waals surface area (Å²) in [5.41, 5.74) is 5.78. The number of nitrogens with two attached hydrogens (primary N) is 1. The molecule has 0 saturated carbocycles. The molecule has 2 N–H and O–H groups in total. The maximum Gasteiger partial charge on any atom is 0.263 e. The minimum atomic E-state index is -0.456. The van der Waals surface area contributed by atoms with Gasteiger partial charge in [0.05, 0.1) is 0 Å². The number of hydrogen-bond acceptors (Lipinski definition) is 3. The van der Waals surface area contributed by atoms with Gasteiger partial charge in [0.2, 0.25) is 0 Å². The molecular weight excluding hydrogens is 216 g/mol. The predicted octanol–water partition coefficient (Wildman–Crippen LogP) is 1.01. The van der Waals surface area contributed by atoms with E-state index in [0.717, 1.165) is 18.7 Å². The van der Waals surface area contributed by atoms with Gasteiger partial charge in [-0.25, -0.2) is 0 Å². The molecule has 1 amide bonds. The van der Waals surface area contributed by atoms with E-state index in [1.165, 1.54) is 0 Å². The molecule has 1 heterocycles. The lowest BCUT2D eigenvalue weighted by Gasteiger charge is -2.21. The van der Waals surface area contributed by atoms with Gasteiger partial charge >= 0.3 is 0 Å². The molecule has 1 saturated heterocycles. The number of likely N-dealkylation sites (tertiary alicyclic amines) is 1. The van der Waals surface area contributed by atoms with E-state index in [0.29, 0.717) is 6.54 Å². The Hall–Kier alpha value is -1.55. The summed E-state index contributed by atoms with van der Waals surface area (Å²) in [4.78, 5) is 13.8. The average molecular weight is 234 g/mol. The van der Waals surface area contributed by atoms with Crippen LogP contribution in [0.15, 0.2) is 30.3 Å². The first-order valence-electron chi connectivity index (χ1n) is 5.93. The lowest BCUT2D eigenvalue weighted by Crippen LogP contribution is -2.40. The van der Waals surface area contributed by atoms with Gasteiger partial charge in [-0.3, -0.25) is 4.79 Å². The first-order valence-corrected chi connectivity index (χ1v) is 5.93. The maximum absolute atomic E-state index is 12.0. The summed E-state index contributed by atoms with van der Waals surface area (Å²) < 4.78 is 5.59. The Bertz CT molecular complexity index is 380. The van der Waals surface area contributed by atoms with Gasteiger partial charge < -0.3 is 15.4 Å². The number of hydrogen-bond donors (Lipinski definition) is 1. The van der Waals surface area contributed by atoms with Crippen molar-refractivity contribution in [2.75, 3.05) is 13.1 Å². The molecular formula is C13H18N2O2. The summed E-state index contributed by atoms with van der Waals surface area (Å²) in [6.45, 7) is 3.16. The zero-order valence-electron chi connectivity index (χ0n) is 10.0. The number of ether oxygens (including phenoxy) is 1. The van der Waals surface area contributed by atoms with Gasteiger partial charge in [0.25, 0.3) is 5.91 Å². The Balaban J connectivity index is 1.92. The number of carbonyl (C=O) groups is 1. The molecule has 1 aromatic rings. The molecule has 2 rings (SSSR count). The summed E-state index contributed by atoms with van der Waals surface area (Å²) in [6.07, 6.45) is 0.423. The van der Waals surface area contributed by atoms with Crippen LogP contribution in [0.5, 0.6) is 5.75 Å². The summed E-state index contributed by atoms with van der Waals surface area (Å²) >= 11 is 0. The Labute approximate surface area is 101 Å². The van der Waals surface area contributed by atoms with E-state index in [-0.39, 0.29) is 11.9 Å². The maximum atomic E-state index is 12.0. The molecule has 0 spiro atoms. The number of rotatable bonds is 3. The van der Waals surface area contributed by atoms with E-state index >= 15 is 0 Å².